The summed E-state index contributed by atoms with van der Waals surface area (Å²) in [6.45, 7) is 4.49. The Kier molecular flexibility index (Phi) is 4.97. The molecule has 0 heterocycles. The molecule has 0 radical (unpaired) electrons. The highest BCUT2D eigenvalue weighted by Crippen LogP contribution is 2.11. The molecule has 1 amide bonds. The van der Waals surface area contributed by atoms with Gasteiger partial charge in [0.1, 0.15) is 5.75 Å². The fraction of sp³-hybridized carbons (Fsp3) is 0.462. The van der Waals surface area contributed by atoms with Crippen molar-refractivity contribution in [3.05, 3.63) is 29.8 Å². The lowest BCUT2D eigenvalue weighted by atomic mass is 10.0. The zero-order valence-corrected chi connectivity index (χ0v) is 10.3. The molecule has 1 aromatic rings. The van der Waals surface area contributed by atoms with Crippen molar-refractivity contribution in [1.82, 2.24) is 5.32 Å². The molecule has 0 fully saturated rings. The normalized spacial score (nSPS) is 14.1. The van der Waals surface area contributed by atoms with E-state index in [4.69, 9.17) is 5.73 Å². The number of carbonyl (C=O) groups is 1. The Bertz CT molecular complexity index is 379. The molecule has 0 aliphatic carbocycles. The van der Waals surface area contributed by atoms with Crippen molar-refractivity contribution >= 4 is 5.91 Å². The Morgan fingerprint density at radius 2 is 2.18 bits per heavy atom. The number of nitrogens with one attached hydrogen (secondary N) is 1. The molecule has 0 saturated heterocycles. The molecule has 1 rings (SSSR count). The van der Waals surface area contributed by atoms with Gasteiger partial charge >= 0.3 is 0 Å². The summed E-state index contributed by atoms with van der Waals surface area (Å²) in [5.41, 5.74) is 6.34. The quantitative estimate of drug-likeness (QED) is 0.715. The van der Waals surface area contributed by atoms with E-state index in [2.05, 4.69) is 5.32 Å². The number of nitrogens with two attached hydrogens (primary N) is 1. The molecule has 0 aromatic heterocycles. The highest BCUT2D eigenvalue weighted by Gasteiger charge is 2.13. The smallest absolute Gasteiger partial charge is 0.224 e. The third-order valence-corrected chi connectivity index (χ3v) is 2.89. The van der Waals surface area contributed by atoms with Crippen molar-refractivity contribution in [2.75, 3.05) is 6.54 Å². The summed E-state index contributed by atoms with van der Waals surface area (Å²) >= 11 is 0. The highest BCUT2D eigenvalue weighted by molar-refractivity contribution is 5.78. The van der Waals surface area contributed by atoms with Crippen LogP contribution in [0.2, 0.25) is 0 Å². The number of amides is 1. The van der Waals surface area contributed by atoms with Gasteiger partial charge in [-0.1, -0.05) is 19.1 Å². The number of hydrogen-bond acceptors (Lipinski definition) is 3. The summed E-state index contributed by atoms with van der Waals surface area (Å²) in [6, 6.07) is 6.78. The van der Waals surface area contributed by atoms with E-state index in [0.29, 0.717) is 6.54 Å². The second-order valence-electron chi connectivity index (χ2n) is 4.42. The van der Waals surface area contributed by atoms with Crippen LogP contribution in [-0.4, -0.2) is 23.6 Å². The maximum absolute atomic E-state index is 11.7. The summed E-state index contributed by atoms with van der Waals surface area (Å²) in [5.74, 6) is 0.380. The van der Waals surface area contributed by atoms with Crippen molar-refractivity contribution in [3.8, 4) is 5.75 Å². The van der Waals surface area contributed by atoms with Crippen LogP contribution < -0.4 is 11.1 Å². The first-order valence-electron chi connectivity index (χ1n) is 5.80. The van der Waals surface area contributed by atoms with Crippen LogP contribution in [0.15, 0.2) is 24.3 Å². The molecule has 0 aliphatic rings. The highest BCUT2D eigenvalue weighted by atomic mass is 16.3. The van der Waals surface area contributed by atoms with Gasteiger partial charge in [0, 0.05) is 6.04 Å². The topological polar surface area (TPSA) is 75.3 Å². The van der Waals surface area contributed by atoms with Crippen molar-refractivity contribution in [2.24, 2.45) is 11.7 Å². The van der Waals surface area contributed by atoms with E-state index in [1.165, 1.54) is 0 Å². The van der Waals surface area contributed by atoms with E-state index in [0.717, 1.165) is 5.56 Å². The van der Waals surface area contributed by atoms with E-state index in [1.54, 1.807) is 18.2 Å². The van der Waals surface area contributed by atoms with E-state index < -0.39 is 0 Å². The molecule has 17 heavy (non-hydrogen) atoms. The fourth-order valence-corrected chi connectivity index (χ4v) is 1.50. The van der Waals surface area contributed by atoms with Crippen molar-refractivity contribution in [3.63, 3.8) is 0 Å². The van der Waals surface area contributed by atoms with Crippen LogP contribution >= 0.6 is 0 Å². The summed E-state index contributed by atoms with van der Waals surface area (Å²) in [7, 11) is 0. The predicted molar refractivity (Wildman–Crippen MR) is 67.6 cm³/mol. The van der Waals surface area contributed by atoms with Crippen molar-refractivity contribution < 1.29 is 9.90 Å². The number of phenolic OH excluding ortho intramolecular Hbond substituents is 1. The maximum atomic E-state index is 11.7. The SMILES string of the molecule is CC(CN)C(C)NC(=O)Cc1cccc(O)c1. The zero-order valence-electron chi connectivity index (χ0n) is 10.3. The first kappa shape index (κ1) is 13.5. The minimum Gasteiger partial charge on any atom is -0.508 e. The van der Waals surface area contributed by atoms with Gasteiger partial charge in [-0.2, -0.15) is 0 Å². The predicted octanol–water partition coefficient (Wildman–Crippen LogP) is 1.03. The van der Waals surface area contributed by atoms with Gasteiger partial charge in [0.2, 0.25) is 5.91 Å². The average Bonchev–Trinajstić information content (AvgIpc) is 2.27. The fourth-order valence-electron chi connectivity index (χ4n) is 1.50. The number of aromatic hydroxyl groups is 1. The Labute approximate surface area is 102 Å². The monoisotopic (exact) mass is 236 g/mol. The van der Waals surface area contributed by atoms with Crippen LogP contribution in [0.4, 0.5) is 0 Å². The van der Waals surface area contributed by atoms with Crippen LogP contribution in [0, 0.1) is 5.92 Å². The molecule has 1 aromatic carbocycles. The third-order valence-electron chi connectivity index (χ3n) is 2.89. The Balaban J connectivity index is 2.50. The molecule has 0 spiro atoms. The molecule has 4 nitrogen and oxygen atoms in total. The summed E-state index contributed by atoms with van der Waals surface area (Å²) in [5, 5.41) is 12.2. The zero-order chi connectivity index (χ0) is 12.8. The minimum absolute atomic E-state index is 0.0524. The van der Waals surface area contributed by atoms with E-state index in [-0.39, 0.29) is 30.0 Å². The van der Waals surface area contributed by atoms with Gasteiger partial charge < -0.3 is 16.2 Å². The Morgan fingerprint density at radius 1 is 1.47 bits per heavy atom. The standard InChI is InChI=1S/C13H20N2O2/c1-9(8-14)10(2)15-13(17)7-11-4-3-5-12(16)6-11/h3-6,9-10,16H,7-8,14H2,1-2H3,(H,15,17). The molecular weight excluding hydrogens is 216 g/mol. The molecule has 0 bridgehead atoms. The largest absolute Gasteiger partial charge is 0.508 e. The van der Waals surface area contributed by atoms with Crippen LogP contribution in [-0.2, 0) is 11.2 Å². The molecule has 4 heteroatoms. The molecule has 4 N–H and O–H groups in total. The van der Waals surface area contributed by atoms with Crippen LogP contribution in [0.1, 0.15) is 19.4 Å². The van der Waals surface area contributed by atoms with E-state index >= 15 is 0 Å². The second kappa shape index (κ2) is 6.25. The van der Waals surface area contributed by atoms with Gasteiger partial charge in [-0.05, 0) is 37.1 Å². The van der Waals surface area contributed by atoms with Crippen molar-refractivity contribution in [2.45, 2.75) is 26.3 Å². The van der Waals surface area contributed by atoms with Crippen molar-refractivity contribution in [1.29, 1.82) is 0 Å². The van der Waals surface area contributed by atoms with Crippen LogP contribution in [0.5, 0.6) is 5.75 Å². The van der Waals surface area contributed by atoms with Gasteiger partial charge in [0.25, 0.3) is 0 Å². The summed E-state index contributed by atoms with van der Waals surface area (Å²) in [6.07, 6.45) is 0.274. The maximum Gasteiger partial charge on any atom is 0.224 e. The Hall–Kier alpha value is -1.55. The number of phenols is 1. The molecule has 0 aliphatic heterocycles. The second-order valence-corrected chi connectivity index (χ2v) is 4.42. The van der Waals surface area contributed by atoms with Gasteiger partial charge in [-0.15, -0.1) is 0 Å². The number of carbonyl (C=O) groups excluding carboxylic acids is 1. The van der Waals surface area contributed by atoms with Gasteiger partial charge in [-0.3, -0.25) is 4.79 Å². The molecular formula is C13H20N2O2. The van der Waals surface area contributed by atoms with Gasteiger partial charge in [0.05, 0.1) is 6.42 Å². The lowest BCUT2D eigenvalue weighted by Crippen LogP contribution is -2.40. The molecule has 2 atom stereocenters. The van der Waals surface area contributed by atoms with E-state index in [1.807, 2.05) is 19.9 Å². The van der Waals surface area contributed by atoms with E-state index in [9.17, 15) is 9.90 Å². The first-order valence-corrected chi connectivity index (χ1v) is 5.80. The minimum atomic E-state index is -0.0524. The number of hydrogen-bond donors (Lipinski definition) is 3. The Morgan fingerprint density at radius 3 is 2.76 bits per heavy atom. The number of rotatable bonds is 5. The molecule has 0 saturated carbocycles. The van der Waals surface area contributed by atoms with Crippen LogP contribution in [0.3, 0.4) is 0 Å². The molecule has 2 unspecified atom stereocenters. The average molecular weight is 236 g/mol. The first-order chi connectivity index (χ1) is 8.02. The number of benzene rings is 1. The lowest BCUT2D eigenvalue weighted by Gasteiger charge is -2.19. The summed E-state index contributed by atoms with van der Waals surface area (Å²) < 4.78 is 0. The third kappa shape index (κ3) is 4.44. The van der Waals surface area contributed by atoms with Crippen LogP contribution in [0.25, 0.3) is 0 Å². The lowest BCUT2D eigenvalue weighted by molar-refractivity contribution is -0.121. The van der Waals surface area contributed by atoms with Gasteiger partial charge in [0.15, 0.2) is 0 Å². The summed E-state index contributed by atoms with van der Waals surface area (Å²) in [4.78, 5) is 11.7. The van der Waals surface area contributed by atoms with Gasteiger partial charge in [-0.25, -0.2) is 0 Å². The molecule has 94 valence electrons.